The lowest BCUT2D eigenvalue weighted by Crippen LogP contribution is -2.11. The molecule has 3 aromatic rings. The number of nitrogens with one attached hydrogen (secondary N) is 1. The number of aromatic nitrogens is 1. The van der Waals surface area contributed by atoms with E-state index in [0.717, 1.165) is 17.0 Å². The molecule has 0 unspecified atom stereocenters. The molecular weight excluding hydrogens is 300 g/mol. The van der Waals surface area contributed by atoms with E-state index in [1.165, 1.54) is 5.56 Å². The number of nitrogens with zero attached hydrogens (tertiary/aromatic N) is 1. The molecule has 0 aliphatic heterocycles. The number of oxazole rings is 1. The third-order valence-electron chi connectivity index (χ3n) is 3.74. The number of aryl methyl sites for hydroxylation is 2. The van der Waals surface area contributed by atoms with Crippen LogP contribution in [0, 0.1) is 6.92 Å². The van der Waals surface area contributed by atoms with Crippen LogP contribution in [-0.2, 0) is 11.2 Å². The highest BCUT2D eigenvalue weighted by Crippen LogP contribution is 2.20. The van der Waals surface area contributed by atoms with Crippen LogP contribution in [0.2, 0.25) is 0 Å². The van der Waals surface area contributed by atoms with Crippen LogP contribution < -0.4 is 5.32 Å². The summed E-state index contributed by atoms with van der Waals surface area (Å²) in [5.74, 6) is 1.43. The Bertz CT molecular complexity index is 792. The molecule has 0 aliphatic carbocycles. The van der Waals surface area contributed by atoms with Gasteiger partial charge in [-0.25, -0.2) is 4.98 Å². The van der Waals surface area contributed by atoms with Gasteiger partial charge in [-0.2, -0.15) is 0 Å². The van der Waals surface area contributed by atoms with Crippen LogP contribution in [0.15, 0.2) is 65.2 Å². The van der Waals surface area contributed by atoms with Gasteiger partial charge in [-0.05, 0) is 25.5 Å². The van der Waals surface area contributed by atoms with Crippen molar-refractivity contribution in [2.45, 2.75) is 26.2 Å². The van der Waals surface area contributed by atoms with E-state index in [1.807, 2.05) is 61.5 Å². The zero-order valence-electron chi connectivity index (χ0n) is 13.7. The maximum absolute atomic E-state index is 12.0. The van der Waals surface area contributed by atoms with Gasteiger partial charge in [0.1, 0.15) is 0 Å². The highest BCUT2D eigenvalue weighted by Gasteiger charge is 2.08. The maximum Gasteiger partial charge on any atom is 0.224 e. The minimum atomic E-state index is 0.00805. The number of anilines is 1. The number of carbonyl (C=O) groups excluding carboxylic acids is 1. The van der Waals surface area contributed by atoms with Gasteiger partial charge in [-0.15, -0.1) is 0 Å². The summed E-state index contributed by atoms with van der Waals surface area (Å²) in [7, 11) is 0. The maximum atomic E-state index is 12.0. The molecule has 0 saturated carbocycles. The van der Waals surface area contributed by atoms with Gasteiger partial charge in [0.15, 0.2) is 11.7 Å². The van der Waals surface area contributed by atoms with Crippen molar-refractivity contribution in [3.05, 3.63) is 72.2 Å². The molecule has 4 heteroatoms. The number of hydrogen-bond donors (Lipinski definition) is 1. The molecule has 0 saturated heterocycles. The summed E-state index contributed by atoms with van der Waals surface area (Å²) in [5.41, 5.74) is 3.01. The SMILES string of the molecule is Cc1ccc(NC(=O)CCCc2ncc(-c3ccccc3)o2)cc1. The van der Waals surface area contributed by atoms with Gasteiger partial charge in [-0.3, -0.25) is 4.79 Å². The lowest BCUT2D eigenvalue weighted by Gasteiger charge is -2.04. The van der Waals surface area contributed by atoms with Crippen molar-refractivity contribution in [1.82, 2.24) is 4.98 Å². The van der Waals surface area contributed by atoms with Gasteiger partial charge in [0, 0.05) is 24.1 Å². The Morgan fingerprint density at radius 2 is 1.83 bits per heavy atom. The Morgan fingerprint density at radius 1 is 1.08 bits per heavy atom. The highest BCUT2D eigenvalue weighted by atomic mass is 16.4. The fourth-order valence-corrected chi connectivity index (χ4v) is 2.42. The van der Waals surface area contributed by atoms with E-state index in [4.69, 9.17) is 4.42 Å². The van der Waals surface area contributed by atoms with Gasteiger partial charge in [0.2, 0.25) is 5.91 Å². The first kappa shape index (κ1) is 16.0. The standard InChI is InChI=1S/C20H20N2O2/c1-15-10-12-17(13-11-15)22-19(23)8-5-9-20-21-14-18(24-20)16-6-3-2-4-7-16/h2-4,6-7,10-14H,5,8-9H2,1H3,(H,22,23). The lowest BCUT2D eigenvalue weighted by molar-refractivity contribution is -0.116. The van der Waals surface area contributed by atoms with E-state index in [-0.39, 0.29) is 5.91 Å². The molecule has 0 radical (unpaired) electrons. The van der Waals surface area contributed by atoms with Gasteiger partial charge in [-0.1, -0.05) is 48.0 Å². The van der Waals surface area contributed by atoms with Crippen molar-refractivity contribution in [3.63, 3.8) is 0 Å². The van der Waals surface area contributed by atoms with E-state index >= 15 is 0 Å². The second-order valence-corrected chi connectivity index (χ2v) is 5.75. The Morgan fingerprint density at radius 3 is 2.58 bits per heavy atom. The summed E-state index contributed by atoms with van der Waals surface area (Å²) in [4.78, 5) is 16.2. The topological polar surface area (TPSA) is 55.1 Å². The first-order chi connectivity index (χ1) is 11.7. The quantitative estimate of drug-likeness (QED) is 0.721. The monoisotopic (exact) mass is 320 g/mol. The molecule has 122 valence electrons. The third kappa shape index (κ3) is 4.32. The van der Waals surface area contributed by atoms with Crippen LogP contribution in [-0.4, -0.2) is 10.9 Å². The van der Waals surface area contributed by atoms with Gasteiger partial charge in [0.25, 0.3) is 0 Å². The molecule has 24 heavy (non-hydrogen) atoms. The summed E-state index contributed by atoms with van der Waals surface area (Å²) >= 11 is 0. The molecule has 2 aromatic carbocycles. The van der Waals surface area contributed by atoms with Crippen molar-refractivity contribution in [3.8, 4) is 11.3 Å². The molecule has 1 heterocycles. The number of carbonyl (C=O) groups is 1. The average Bonchev–Trinajstić information content (AvgIpc) is 3.07. The van der Waals surface area contributed by atoms with Crippen LogP contribution in [0.4, 0.5) is 5.69 Å². The smallest absolute Gasteiger partial charge is 0.224 e. The Labute approximate surface area is 141 Å². The Kier molecular flexibility index (Phi) is 5.06. The molecule has 0 fully saturated rings. The minimum Gasteiger partial charge on any atom is -0.441 e. The van der Waals surface area contributed by atoms with E-state index < -0.39 is 0 Å². The number of rotatable bonds is 6. The van der Waals surface area contributed by atoms with Crippen molar-refractivity contribution in [1.29, 1.82) is 0 Å². The number of amides is 1. The molecule has 3 rings (SSSR count). The Balaban J connectivity index is 1.47. The van der Waals surface area contributed by atoms with E-state index in [2.05, 4.69) is 10.3 Å². The first-order valence-electron chi connectivity index (χ1n) is 8.07. The lowest BCUT2D eigenvalue weighted by atomic mass is 10.2. The Hall–Kier alpha value is -2.88. The predicted molar refractivity (Wildman–Crippen MR) is 94.7 cm³/mol. The summed E-state index contributed by atoms with van der Waals surface area (Å²) in [6.45, 7) is 2.02. The second-order valence-electron chi connectivity index (χ2n) is 5.75. The van der Waals surface area contributed by atoms with Crippen molar-refractivity contribution in [2.75, 3.05) is 5.32 Å². The highest BCUT2D eigenvalue weighted by molar-refractivity contribution is 5.90. The van der Waals surface area contributed by atoms with Gasteiger partial charge < -0.3 is 9.73 Å². The summed E-state index contributed by atoms with van der Waals surface area (Å²) in [6, 6.07) is 17.6. The molecule has 4 nitrogen and oxygen atoms in total. The fourth-order valence-electron chi connectivity index (χ4n) is 2.42. The molecule has 0 aliphatic rings. The minimum absolute atomic E-state index is 0.00805. The zero-order chi connectivity index (χ0) is 16.8. The molecule has 1 aromatic heterocycles. The van der Waals surface area contributed by atoms with Crippen molar-refractivity contribution >= 4 is 11.6 Å². The summed E-state index contributed by atoms with van der Waals surface area (Å²) in [6.07, 6.45) is 3.52. The number of benzene rings is 2. The molecule has 0 bridgehead atoms. The second kappa shape index (κ2) is 7.59. The average molecular weight is 320 g/mol. The largest absolute Gasteiger partial charge is 0.441 e. The van der Waals surface area contributed by atoms with Crippen molar-refractivity contribution in [2.24, 2.45) is 0 Å². The summed E-state index contributed by atoms with van der Waals surface area (Å²) < 4.78 is 5.74. The summed E-state index contributed by atoms with van der Waals surface area (Å²) in [5, 5.41) is 2.90. The van der Waals surface area contributed by atoms with Crippen LogP contribution in [0.25, 0.3) is 11.3 Å². The zero-order valence-corrected chi connectivity index (χ0v) is 13.7. The van der Waals surface area contributed by atoms with Gasteiger partial charge >= 0.3 is 0 Å². The van der Waals surface area contributed by atoms with Crippen LogP contribution in [0.1, 0.15) is 24.3 Å². The number of hydrogen-bond acceptors (Lipinski definition) is 3. The van der Waals surface area contributed by atoms with Crippen LogP contribution in [0.5, 0.6) is 0 Å². The molecule has 0 spiro atoms. The van der Waals surface area contributed by atoms with Crippen molar-refractivity contribution < 1.29 is 9.21 Å². The molecule has 0 atom stereocenters. The molecule has 1 amide bonds. The van der Waals surface area contributed by atoms with Crippen LogP contribution in [0.3, 0.4) is 0 Å². The molecule has 1 N–H and O–H groups in total. The van der Waals surface area contributed by atoms with E-state index in [1.54, 1.807) is 6.20 Å². The van der Waals surface area contributed by atoms with E-state index in [0.29, 0.717) is 25.2 Å². The first-order valence-corrected chi connectivity index (χ1v) is 8.07. The predicted octanol–water partition coefficient (Wildman–Crippen LogP) is 4.61. The molecular formula is C20H20N2O2. The van der Waals surface area contributed by atoms with Gasteiger partial charge in [0.05, 0.1) is 6.20 Å². The third-order valence-corrected chi connectivity index (χ3v) is 3.74. The van der Waals surface area contributed by atoms with E-state index in [9.17, 15) is 4.79 Å². The normalized spacial score (nSPS) is 10.5. The fraction of sp³-hybridized carbons (Fsp3) is 0.200. The van der Waals surface area contributed by atoms with Crippen LogP contribution >= 0.6 is 0 Å².